The van der Waals surface area contributed by atoms with Crippen LogP contribution in [0, 0.1) is 6.92 Å². The van der Waals surface area contributed by atoms with E-state index in [-0.39, 0.29) is 32.7 Å². The summed E-state index contributed by atoms with van der Waals surface area (Å²) >= 11 is -0.242. The Morgan fingerprint density at radius 1 is 1.07 bits per heavy atom. The molecule has 0 bridgehead atoms. The third kappa shape index (κ3) is 3.91. The Labute approximate surface area is 167 Å². The van der Waals surface area contributed by atoms with E-state index in [1.165, 1.54) is 0 Å². The van der Waals surface area contributed by atoms with Crippen molar-refractivity contribution in [1.82, 2.24) is 9.97 Å². The van der Waals surface area contributed by atoms with E-state index in [2.05, 4.69) is 20.6 Å². The molecule has 3 N–H and O–H groups in total. The molecule has 0 unspecified atom stereocenters. The molecule has 2 aromatic heterocycles. The van der Waals surface area contributed by atoms with Gasteiger partial charge < -0.3 is 0 Å². The van der Waals surface area contributed by atoms with Crippen molar-refractivity contribution in [2.45, 2.75) is 13.3 Å². The third-order valence-corrected chi connectivity index (χ3v) is 6.14. The summed E-state index contributed by atoms with van der Waals surface area (Å²) < 4.78 is 1.32. The zero-order valence-electron chi connectivity index (χ0n) is 15.2. The van der Waals surface area contributed by atoms with Gasteiger partial charge in [0.15, 0.2) is 0 Å². The molecule has 0 saturated heterocycles. The molecule has 0 fully saturated rings. The van der Waals surface area contributed by atoms with Gasteiger partial charge in [0.05, 0.1) is 0 Å². The summed E-state index contributed by atoms with van der Waals surface area (Å²) in [5, 5.41) is 6.79. The number of benzene rings is 2. The minimum atomic E-state index is -0.242. The first-order valence-electron chi connectivity index (χ1n) is 8.78. The molecule has 140 valence electrons. The van der Waals surface area contributed by atoms with Crippen molar-refractivity contribution in [2.24, 2.45) is 0 Å². The first-order valence-corrected chi connectivity index (χ1v) is 10.5. The minimum absolute atomic E-state index is 0.0976. The van der Waals surface area contributed by atoms with E-state index in [1.807, 2.05) is 55.6 Å². The van der Waals surface area contributed by atoms with E-state index in [0.29, 0.717) is 10.3 Å². The van der Waals surface area contributed by atoms with E-state index >= 15 is 0 Å². The van der Waals surface area contributed by atoms with Crippen molar-refractivity contribution in [3.8, 4) is 0 Å². The number of hydrogen-bond acceptors (Lipinski definition) is 3. The first kappa shape index (κ1) is 18.2. The van der Waals surface area contributed by atoms with Gasteiger partial charge >= 0.3 is 168 Å². The second-order valence-electron chi connectivity index (χ2n) is 6.38. The van der Waals surface area contributed by atoms with Crippen LogP contribution in [0.25, 0.3) is 10.9 Å². The Balaban J connectivity index is 1.40. The number of H-pyrrole nitrogens is 1. The first-order chi connectivity index (χ1) is 13.6. The molecule has 7 heteroatoms. The fourth-order valence-electron chi connectivity index (χ4n) is 3.01. The SMILES string of the molecule is Cc1ccccc1C(=O)Nc1ncc(NC(=O)Cc2c[nH]c3ccccc23)[se]1. The molecule has 2 aromatic carbocycles. The van der Waals surface area contributed by atoms with Crippen LogP contribution in [-0.4, -0.2) is 36.3 Å². The summed E-state index contributed by atoms with van der Waals surface area (Å²) in [6, 6.07) is 15.3. The maximum absolute atomic E-state index is 12.4. The number of para-hydroxylation sites is 1. The number of carbonyl (C=O) groups is 2. The van der Waals surface area contributed by atoms with Crippen molar-refractivity contribution in [1.29, 1.82) is 0 Å². The van der Waals surface area contributed by atoms with Gasteiger partial charge in [-0.2, -0.15) is 0 Å². The van der Waals surface area contributed by atoms with Crippen LogP contribution in [0.15, 0.2) is 60.9 Å². The van der Waals surface area contributed by atoms with Gasteiger partial charge in [0.25, 0.3) is 0 Å². The number of hydrogen-bond donors (Lipinski definition) is 3. The van der Waals surface area contributed by atoms with Crippen LogP contribution in [0.3, 0.4) is 0 Å². The quantitative estimate of drug-likeness (QED) is 0.419. The maximum atomic E-state index is 12.4. The van der Waals surface area contributed by atoms with E-state index in [4.69, 9.17) is 0 Å². The molecule has 0 saturated carbocycles. The zero-order chi connectivity index (χ0) is 19.5. The summed E-state index contributed by atoms with van der Waals surface area (Å²) in [5.41, 5.74) is 3.50. The molecule has 0 spiro atoms. The normalized spacial score (nSPS) is 10.8. The molecular formula is C21H18N4O2Se. The monoisotopic (exact) mass is 438 g/mol. The molecule has 2 amide bonds. The number of nitrogens with one attached hydrogen (secondary N) is 3. The number of aromatic amines is 1. The van der Waals surface area contributed by atoms with Crippen molar-refractivity contribution < 1.29 is 9.59 Å². The van der Waals surface area contributed by atoms with Gasteiger partial charge in [0.1, 0.15) is 0 Å². The molecule has 0 radical (unpaired) electrons. The molecule has 0 aliphatic heterocycles. The summed E-state index contributed by atoms with van der Waals surface area (Å²) in [4.78, 5) is 32.2. The molecular weight excluding hydrogens is 419 g/mol. The predicted molar refractivity (Wildman–Crippen MR) is 111 cm³/mol. The van der Waals surface area contributed by atoms with Gasteiger partial charge in [-0.1, -0.05) is 0 Å². The Morgan fingerprint density at radius 3 is 2.71 bits per heavy atom. The van der Waals surface area contributed by atoms with Gasteiger partial charge in [-0.15, -0.1) is 0 Å². The van der Waals surface area contributed by atoms with Crippen molar-refractivity contribution in [3.05, 3.63) is 77.6 Å². The van der Waals surface area contributed by atoms with Gasteiger partial charge in [0, 0.05) is 0 Å². The second-order valence-corrected chi connectivity index (χ2v) is 8.55. The third-order valence-electron chi connectivity index (χ3n) is 4.40. The number of fused-ring (bicyclic) bond motifs is 1. The van der Waals surface area contributed by atoms with Crippen molar-refractivity contribution >= 4 is 46.5 Å². The molecule has 4 aromatic rings. The Kier molecular flexibility index (Phi) is 5.10. The van der Waals surface area contributed by atoms with Gasteiger partial charge in [-0.3, -0.25) is 0 Å². The molecule has 4 rings (SSSR count). The number of aryl methyl sites for hydroxylation is 1. The Hall–Kier alpha value is -3.15. The number of anilines is 2. The standard InChI is InChI=1S/C21H18N4O2Se/c1-13-6-2-3-7-15(13)20(27)25-21-23-12-19(28-21)24-18(26)10-14-11-22-17-9-5-4-8-16(14)17/h2-9,11-12,22H,10H2,1H3,(H,24,26)(H,23,25,27). The van der Waals surface area contributed by atoms with E-state index in [1.54, 1.807) is 12.3 Å². The van der Waals surface area contributed by atoms with Crippen LogP contribution in [0.2, 0.25) is 0 Å². The van der Waals surface area contributed by atoms with Crippen LogP contribution in [0.1, 0.15) is 21.5 Å². The summed E-state index contributed by atoms with van der Waals surface area (Å²) in [6.07, 6.45) is 3.76. The van der Waals surface area contributed by atoms with Crippen LogP contribution in [0.4, 0.5) is 9.25 Å². The number of carbonyl (C=O) groups excluding carboxylic acids is 2. The van der Waals surface area contributed by atoms with Gasteiger partial charge in [-0.25, -0.2) is 0 Å². The summed E-state index contributed by atoms with van der Waals surface area (Å²) in [5.74, 6) is -0.280. The average molecular weight is 437 g/mol. The number of nitrogens with zero attached hydrogens (tertiary/aromatic N) is 1. The topological polar surface area (TPSA) is 86.9 Å². The van der Waals surface area contributed by atoms with Crippen LogP contribution >= 0.6 is 0 Å². The zero-order valence-corrected chi connectivity index (χ0v) is 16.9. The number of rotatable bonds is 5. The molecule has 28 heavy (non-hydrogen) atoms. The molecule has 0 aliphatic carbocycles. The van der Waals surface area contributed by atoms with Crippen LogP contribution in [-0.2, 0) is 11.2 Å². The van der Waals surface area contributed by atoms with Crippen LogP contribution < -0.4 is 10.6 Å². The predicted octanol–water partition coefficient (Wildman–Crippen LogP) is 3.36. The Bertz CT molecular complexity index is 1160. The van der Waals surface area contributed by atoms with Gasteiger partial charge in [-0.05, 0) is 0 Å². The number of aromatic nitrogens is 2. The van der Waals surface area contributed by atoms with Crippen LogP contribution in [0.5, 0.6) is 0 Å². The Morgan fingerprint density at radius 2 is 1.86 bits per heavy atom. The second kappa shape index (κ2) is 7.84. The molecule has 2 heterocycles. The van der Waals surface area contributed by atoms with E-state index in [0.717, 1.165) is 26.6 Å². The van der Waals surface area contributed by atoms with E-state index < -0.39 is 0 Å². The van der Waals surface area contributed by atoms with Crippen molar-refractivity contribution in [3.63, 3.8) is 0 Å². The van der Waals surface area contributed by atoms with Gasteiger partial charge in [0.2, 0.25) is 0 Å². The molecule has 6 nitrogen and oxygen atoms in total. The molecule has 0 aliphatic rings. The average Bonchev–Trinajstić information content (AvgIpc) is 3.29. The van der Waals surface area contributed by atoms with Crippen molar-refractivity contribution in [2.75, 3.05) is 10.6 Å². The summed E-state index contributed by atoms with van der Waals surface area (Å²) in [6.45, 7) is 1.89. The fourth-order valence-corrected chi connectivity index (χ4v) is 4.54. The fraction of sp³-hybridized carbons (Fsp3) is 0.0952. The number of amides is 2. The van der Waals surface area contributed by atoms with E-state index in [9.17, 15) is 9.59 Å². The molecule has 0 atom stereocenters. The summed E-state index contributed by atoms with van der Waals surface area (Å²) in [7, 11) is 0.